The van der Waals surface area contributed by atoms with E-state index in [2.05, 4.69) is 22.2 Å². The van der Waals surface area contributed by atoms with Gasteiger partial charge in [-0.1, -0.05) is 24.3 Å². The summed E-state index contributed by atoms with van der Waals surface area (Å²) < 4.78 is 59.1. The Morgan fingerprint density at radius 1 is 1.14 bits per heavy atom. The molecule has 1 aromatic heterocycles. The maximum absolute atomic E-state index is 13.8. The van der Waals surface area contributed by atoms with E-state index in [0.717, 1.165) is 37.6 Å². The first kappa shape index (κ1) is 26.4. The van der Waals surface area contributed by atoms with E-state index in [1.807, 2.05) is 0 Å². The van der Waals surface area contributed by atoms with Gasteiger partial charge in [-0.3, -0.25) is 4.79 Å². The van der Waals surface area contributed by atoms with Gasteiger partial charge in [-0.05, 0) is 68.4 Å². The SMILES string of the molecule is CN1CCC(NC(=O)c2ccc(-c3cnc(N)c(OCCc4cccc(F)c4C(F)(F)F)c3)cc2)CC1. The molecule has 1 aliphatic rings. The van der Waals surface area contributed by atoms with Crippen LogP contribution >= 0.6 is 0 Å². The molecule has 37 heavy (non-hydrogen) atoms. The largest absolute Gasteiger partial charge is 0.489 e. The Hall–Kier alpha value is -3.66. The molecule has 0 atom stereocenters. The minimum Gasteiger partial charge on any atom is -0.489 e. The Morgan fingerprint density at radius 3 is 2.51 bits per heavy atom. The number of piperidine rings is 1. The molecule has 0 bridgehead atoms. The van der Waals surface area contributed by atoms with Crippen LogP contribution in [-0.2, 0) is 12.6 Å². The van der Waals surface area contributed by atoms with Gasteiger partial charge in [-0.25, -0.2) is 9.37 Å². The van der Waals surface area contributed by atoms with Crippen molar-refractivity contribution in [2.75, 3.05) is 32.5 Å². The lowest BCUT2D eigenvalue weighted by molar-refractivity contribution is -0.140. The number of halogens is 4. The number of nitrogen functional groups attached to an aromatic ring is 1. The van der Waals surface area contributed by atoms with Crippen molar-refractivity contribution in [3.63, 3.8) is 0 Å². The van der Waals surface area contributed by atoms with Gasteiger partial charge in [0.15, 0.2) is 11.6 Å². The number of carbonyl (C=O) groups is 1. The number of hydrogen-bond donors (Lipinski definition) is 2. The fourth-order valence-corrected chi connectivity index (χ4v) is 4.33. The van der Waals surface area contributed by atoms with Gasteiger partial charge in [0.25, 0.3) is 5.91 Å². The van der Waals surface area contributed by atoms with Crippen molar-refractivity contribution in [1.82, 2.24) is 15.2 Å². The summed E-state index contributed by atoms with van der Waals surface area (Å²) in [5.41, 5.74) is 6.36. The number of alkyl halides is 3. The van der Waals surface area contributed by atoms with Crippen molar-refractivity contribution < 1.29 is 27.1 Å². The van der Waals surface area contributed by atoms with Gasteiger partial charge in [0.05, 0.1) is 12.2 Å². The molecule has 6 nitrogen and oxygen atoms in total. The summed E-state index contributed by atoms with van der Waals surface area (Å²) >= 11 is 0. The lowest BCUT2D eigenvalue weighted by Gasteiger charge is -2.29. The Morgan fingerprint density at radius 2 is 1.84 bits per heavy atom. The van der Waals surface area contributed by atoms with Crippen molar-refractivity contribution in [2.24, 2.45) is 0 Å². The predicted molar refractivity (Wildman–Crippen MR) is 133 cm³/mol. The maximum Gasteiger partial charge on any atom is 0.419 e. The van der Waals surface area contributed by atoms with Crippen molar-refractivity contribution in [3.8, 4) is 16.9 Å². The highest BCUT2D eigenvalue weighted by Crippen LogP contribution is 2.34. The monoisotopic (exact) mass is 516 g/mol. The van der Waals surface area contributed by atoms with Gasteiger partial charge in [0.1, 0.15) is 5.82 Å². The maximum atomic E-state index is 13.8. The number of benzene rings is 2. The third-order valence-corrected chi connectivity index (χ3v) is 6.43. The van der Waals surface area contributed by atoms with Crippen LogP contribution < -0.4 is 15.8 Å². The average molecular weight is 517 g/mol. The minimum absolute atomic E-state index is 0.0770. The number of amides is 1. The van der Waals surface area contributed by atoms with Crippen molar-refractivity contribution in [1.29, 1.82) is 0 Å². The highest BCUT2D eigenvalue weighted by atomic mass is 19.4. The normalized spacial score (nSPS) is 14.9. The van der Waals surface area contributed by atoms with Gasteiger partial charge in [-0.2, -0.15) is 13.2 Å². The van der Waals surface area contributed by atoms with Gasteiger partial charge in [0, 0.05) is 29.8 Å². The summed E-state index contributed by atoms with van der Waals surface area (Å²) in [4.78, 5) is 19.0. The number of nitrogens with two attached hydrogens (primary N) is 1. The molecule has 0 aliphatic carbocycles. The second-order valence-electron chi connectivity index (χ2n) is 9.11. The van der Waals surface area contributed by atoms with Crippen molar-refractivity contribution in [2.45, 2.75) is 31.5 Å². The molecule has 1 fully saturated rings. The van der Waals surface area contributed by atoms with Crippen LogP contribution in [-0.4, -0.2) is 48.6 Å². The molecular formula is C27H28F4N4O2. The highest BCUT2D eigenvalue weighted by molar-refractivity contribution is 5.94. The smallest absolute Gasteiger partial charge is 0.419 e. The zero-order chi connectivity index (χ0) is 26.6. The molecule has 1 aliphatic heterocycles. The molecule has 0 radical (unpaired) electrons. The molecule has 2 aromatic carbocycles. The van der Waals surface area contributed by atoms with E-state index in [9.17, 15) is 22.4 Å². The number of likely N-dealkylation sites (tertiary alicyclic amines) is 1. The number of nitrogens with one attached hydrogen (secondary N) is 1. The topological polar surface area (TPSA) is 80.5 Å². The Balaban J connectivity index is 1.41. The molecule has 196 valence electrons. The van der Waals surface area contributed by atoms with Crippen molar-refractivity contribution >= 4 is 11.7 Å². The number of aromatic nitrogens is 1. The lowest BCUT2D eigenvalue weighted by atomic mass is 10.0. The zero-order valence-corrected chi connectivity index (χ0v) is 20.3. The zero-order valence-electron chi connectivity index (χ0n) is 20.3. The second kappa shape index (κ2) is 11.2. The van der Waals surface area contributed by atoms with Crippen LogP contribution in [0.15, 0.2) is 54.7 Å². The Kier molecular flexibility index (Phi) is 7.97. The van der Waals surface area contributed by atoms with Crippen LogP contribution in [0.3, 0.4) is 0 Å². The summed E-state index contributed by atoms with van der Waals surface area (Å²) in [6, 6.07) is 12.0. The number of nitrogens with zero attached hydrogens (tertiary/aromatic N) is 2. The second-order valence-corrected chi connectivity index (χ2v) is 9.11. The number of hydrogen-bond acceptors (Lipinski definition) is 5. The van der Waals surface area contributed by atoms with Gasteiger partial charge >= 0.3 is 6.18 Å². The summed E-state index contributed by atoms with van der Waals surface area (Å²) in [5.74, 6) is -1.17. The van der Waals surface area contributed by atoms with Crippen molar-refractivity contribution in [3.05, 3.63) is 77.2 Å². The van der Waals surface area contributed by atoms with Gasteiger partial charge in [-0.15, -0.1) is 0 Å². The summed E-state index contributed by atoms with van der Waals surface area (Å²) in [6.07, 6.45) is -1.60. The molecule has 10 heteroatoms. The molecule has 0 saturated carbocycles. The van der Waals surface area contributed by atoms with Gasteiger partial charge in [0.2, 0.25) is 0 Å². The standard InChI is InChI=1S/C27H28F4N4O2/c1-35-12-9-21(10-13-35)34-26(36)19-7-5-17(6-8-19)20-15-23(25(32)33-16-20)37-14-11-18-3-2-4-22(28)24(18)27(29,30)31/h2-8,15-16,21H,9-14H2,1H3,(H2,32,33)(H,34,36). The summed E-state index contributed by atoms with van der Waals surface area (Å²) in [7, 11) is 2.06. The van der Waals surface area contributed by atoms with Crippen LogP contribution in [0.4, 0.5) is 23.4 Å². The number of anilines is 1. The Bertz CT molecular complexity index is 1240. The minimum atomic E-state index is -4.81. The molecular weight excluding hydrogens is 488 g/mol. The fraction of sp³-hybridized carbons (Fsp3) is 0.333. The molecule has 1 amide bonds. The van der Waals surface area contributed by atoms with Crippen LogP contribution in [0.25, 0.3) is 11.1 Å². The van der Waals surface area contributed by atoms with Crippen LogP contribution in [0.2, 0.25) is 0 Å². The summed E-state index contributed by atoms with van der Waals surface area (Å²) in [6.45, 7) is 1.74. The molecule has 2 heterocycles. The van der Waals surface area contributed by atoms with Crippen LogP contribution in [0, 0.1) is 5.82 Å². The summed E-state index contributed by atoms with van der Waals surface area (Å²) in [5, 5.41) is 3.08. The Labute approximate surface area is 212 Å². The fourth-order valence-electron chi connectivity index (χ4n) is 4.33. The molecule has 0 unspecified atom stereocenters. The molecule has 4 rings (SSSR count). The molecule has 3 aromatic rings. The highest BCUT2D eigenvalue weighted by Gasteiger charge is 2.36. The number of ether oxygens (including phenoxy) is 1. The number of pyridine rings is 1. The third-order valence-electron chi connectivity index (χ3n) is 6.43. The average Bonchev–Trinajstić information content (AvgIpc) is 2.86. The molecule has 0 spiro atoms. The van der Waals surface area contributed by atoms with E-state index >= 15 is 0 Å². The lowest BCUT2D eigenvalue weighted by Crippen LogP contribution is -2.43. The van der Waals surface area contributed by atoms with Crippen LogP contribution in [0.1, 0.15) is 34.3 Å². The number of carbonyl (C=O) groups excluding carboxylic acids is 1. The first-order valence-electron chi connectivity index (χ1n) is 11.9. The van der Waals surface area contributed by atoms with E-state index in [4.69, 9.17) is 10.5 Å². The van der Waals surface area contributed by atoms with E-state index in [0.29, 0.717) is 11.1 Å². The van der Waals surface area contributed by atoms with E-state index in [1.165, 1.54) is 12.1 Å². The number of rotatable bonds is 7. The first-order chi connectivity index (χ1) is 17.6. The van der Waals surface area contributed by atoms with E-state index in [1.54, 1.807) is 36.5 Å². The first-order valence-corrected chi connectivity index (χ1v) is 11.9. The van der Waals surface area contributed by atoms with E-state index in [-0.39, 0.29) is 42.1 Å². The molecule has 3 N–H and O–H groups in total. The quantitative estimate of drug-likeness (QED) is 0.435. The third kappa shape index (κ3) is 6.56. The van der Waals surface area contributed by atoms with Crippen LogP contribution in [0.5, 0.6) is 5.75 Å². The van der Waals surface area contributed by atoms with Gasteiger partial charge < -0.3 is 20.7 Å². The predicted octanol–water partition coefficient (Wildman–Crippen LogP) is 4.93. The molecule has 1 saturated heterocycles. The van der Waals surface area contributed by atoms with E-state index < -0.39 is 17.6 Å².